The Kier molecular flexibility index (Phi) is 6.31. The lowest BCUT2D eigenvalue weighted by atomic mass is 10.0. The first-order valence-corrected chi connectivity index (χ1v) is 12.6. The van der Waals surface area contributed by atoms with E-state index in [1.807, 2.05) is 32.0 Å². The third-order valence-corrected chi connectivity index (χ3v) is 6.14. The standard InChI is InChI=1S/C25H25N5O4S/c1-15-11-12-20(13-16(15)2)30-25(32)23(17(3)28-30)27-26-22-10-6-9-21(24(22)31)18-7-5-8-19(14-18)29-35(4,33)34/h5-14,28-29,31H,1-4H3. The van der Waals surface area contributed by atoms with Crippen LogP contribution in [0.3, 0.4) is 0 Å². The van der Waals surface area contributed by atoms with E-state index in [4.69, 9.17) is 0 Å². The van der Waals surface area contributed by atoms with Crippen LogP contribution < -0.4 is 10.3 Å². The largest absolute Gasteiger partial charge is 0.505 e. The van der Waals surface area contributed by atoms with E-state index in [-0.39, 0.29) is 22.7 Å². The highest BCUT2D eigenvalue weighted by molar-refractivity contribution is 7.92. The lowest BCUT2D eigenvalue weighted by Crippen LogP contribution is -2.14. The van der Waals surface area contributed by atoms with Crippen LogP contribution in [0.4, 0.5) is 17.1 Å². The number of hydrogen-bond donors (Lipinski definition) is 3. The molecule has 4 rings (SSSR count). The average Bonchev–Trinajstić information content (AvgIpc) is 3.07. The van der Waals surface area contributed by atoms with Gasteiger partial charge in [-0.15, -0.1) is 10.2 Å². The molecule has 0 fully saturated rings. The Morgan fingerprint density at radius 1 is 0.943 bits per heavy atom. The van der Waals surface area contributed by atoms with E-state index in [1.54, 1.807) is 49.4 Å². The van der Waals surface area contributed by atoms with E-state index in [0.717, 1.165) is 17.4 Å². The summed E-state index contributed by atoms with van der Waals surface area (Å²) in [6.45, 7) is 5.70. The van der Waals surface area contributed by atoms with Crippen LogP contribution in [-0.2, 0) is 10.0 Å². The monoisotopic (exact) mass is 491 g/mol. The number of nitrogens with zero attached hydrogens (tertiary/aromatic N) is 3. The molecule has 0 aliphatic rings. The molecule has 0 radical (unpaired) electrons. The molecule has 35 heavy (non-hydrogen) atoms. The third-order valence-electron chi connectivity index (χ3n) is 5.54. The number of phenolic OH excluding ortho intramolecular Hbond substituents is 1. The Hall–Kier alpha value is -4.18. The summed E-state index contributed by atoms with van der Waals surface area (Å²) >= 11 is 0. The van der Waals surface area contributed by atoms with Gasteiger partial charge in [0.15, 0.2) is 11.4 Å². The number of rotatable bonds is 6. The maximum atomic E-state index is 13.0. The van der Waals surface area contributed by atoms with Gasteiger partial charge < -0.3 is 5.11 Å². The van der Waals surface area contributed by atoms with Crippen LogP contribution in [-0.4, -0.2) is 29.6 Å². The van der Waals surface area contributed by atoms with Gasteiger partial charge in [-0.3, -0.25) is 14.6 Å². The van der Waals surface area contributed by atoms with E-state index in [9.17, 15) is 18.3 Å². The maximum Gasteiger partial charge on any atom is 0.299 e. The van der Waals surface area contributed by atoms with Crippen molar-refractivity contribution >= 4 is 27.1 Å². The van der Waals surface area contributed by atoms with Crippen LogP contribution >= 0.6 is 0 Å². The number of H-pyrrole nitrogens is 1. The fourth-order valence-corrected chi connectivity index (χ4v) is 4.17. The van der Waals surface area contributed by atoms with Gasteiger partial charge in [-0.1, -0.05) is 30.3 Å². The summed E-state index contributed by atoms with van der Waals surface area (Å²) in [6, 6.07) is 17.3. The lowest BCUT2D eigenvalue weighted by molar-refractivity contribution is 0.478. The second-order valence-electron chi connectivity index (χ2n) is 8.32. The zero-order valence-electron chi connectivity index (χ0n) is 19.7. The first kappa shape index (κ1) is 24.0. The van der Waals surface area contributed by atoms with E-state index in [0.29, 0.717) is 28.2 Å². The number of aryl methyl sites for hydroxylation is 3. The Labute approximate surface area is 202 Å². The molecule has 0 bridgehead atoms. The summed E-state index contributed by atoms with van der Waals surface area (Å²) < 4.78 is 26.9. The second-order valence-corrected chi connectivity index (χ2v) is 10.1. The van der Waals surface area contributed by atoms with E-state index >= 15 is 0 Å². The van der Waals surface area contributed by atoms with Gasteiger partial charge in [0.25, 0.3) is 5.56 Å². The predicted molar refractivity (Wildman–Crippen MR) is 137 cm³/mol. The number of benzene rings is 3. The van der Waals surface area contributed by atoms with Crippen LogP contribution in [0.5, 0.6) is 5.75 Å². The molecule has 0 spiro atoms. The SMILES string of the molecule is Cc1ccc(-n2[nH]c(C)c(N=Nc3cccc(-c4cccc(NS(C)(=O)=O)c4)c3O)c2=O)cc1C. The highest BCUT2D eigenvalue weighted by atomic mass is 32.2. The van der Waals surface area contributed by atoms with Crippen molar-refractivity contribution in [3.05, 3.63) is 87.8 Å². The summed E-state index contributed by atoms with van der Waals surface area (Å²) in [7, 11) is -3.45. The Bertz CT molecular complexity index is 1620. The molecule has 0 atom stereocenters. The minimum Gasteiger partial charge on any atom is -0.505 e. The number of azo groups is 1. The molecule has 0 aliphatic carbocycles. The van der Waals surface area contributed by atoms with Crippen LogP contribution in [0.1, 0.15) is 16.8 Å². The number of hydrogen-bond acceptors (Lipinski definition) is 6. The Morgan fingerprint density at radius 3 is 2.40 bits per heavy atom. The second kappa shape index (κ2) is 9.22. The number of aromatic nitrogens is 2. The molecule has 0 amide bonds. The number of nitrogens with one attached hydrogen (secondary N) is 2. The smallest absolute Gasteiger partial charge is 0.299 e. The summed E-state index contributed by atoms with van der Waals surface area (Å²) in [5, 5.41) is 22.1. The van der Waals surface area contributed by atoms with Crippen molar-refractivity contribution < 1.29 is 13.5 Å². The van der Waals surface area contributed by atoms with Gasteiger partial charge in [0.05, 0.1) is 17.6 Å². The van der Waals surface area contributed by atoms with E-state index in [1.165, 1.54) is 4.68 Å². The first-order valence-electron chi connectivity index (χ1n) is 10.7. The average molecular weight is 492 g/mol. The third kappa shape index (κ3) is 5.17. The molecule has 3 N–H and O–H groups in total. The van der Waals surface area contributed by atoms with Crippen LogP contribution in [0.15, 0.2) is 75.7 Å². The van der Waals surface area contributed by atoms with Crippen molar-refractivity contribution in [3.8, 4) is 22.6 Å². The van der Waals surface area contributed by atoms with E-state index in [2.05, 4.69) is 20.0 Å². The van der Waals surface area contributed by atoms with Gasteiger partial charge in [-0.2, -0.15) is 0 Å². The molecule has 0 saturated heterocycles. The molecule has 1 aromatic heterocycles. The summed E-state index contributed by atoms with van der Waals surface area (Å²) in [5.74, 6) is -0.143. The Morgan fingerprint density at radius 2 is 1.69 bits per heavy atom. The molecular formula is C25H25N5O4S. The minimum atomic E-state index is -3.45. The number of anilines is 1. The highest BCUT2D eigenvalue weighted by Gasteiger charge is 2.14. The molecule has 10 heteroatoms. The normalized spacial score (nSPS) is 11.8. The number of sulfonamides is 1. The molecule has 0 saturated carbocycles. The van der Waals surface area contributed by atoms with Crippen LogP contribution in [0.2, 0.25) is 0 Å². The van der Waals surface area contributed by atoms with Gasteiger partial charge >= 0.3 is 0 Å². The van der Waals surface area contributed by atoms with Crippen molar-refractivity contribution in [1.82, 2.24) is 9.78 Å². The molecular weight excluding hydrogens is 466 g/mol. The summed E-state index contributed by atoms with van der Waals surface area (Å²) in [6.07, 6.45) is 1.06. The van der Waals surface area contributed by atoms with Crippen molar-refractivity contribution in [1.29, 1.82) is 0 Å². The van der Waals surface area contributed by atoms with Gasteiger partial charge in [-0.05, 0) is 67.8 Å². The van der Waals surface area contributed by atoms with Crippen molar-refractivity contribution in [2.24, 2.45) is 10.2 Å². The van der Waals surface area contributed by atoms with Crippen molar-refractivity contribution in [2.45, 2.75) is 20.8 Å². The topological polar surface area (TPSA) is 129 Å². The zero-order valence-corrected chi connectivity index (χ0v) is 20.5. The fraction of sp³-hybridized carbons (Fsp3) is 0.160. The molecule has 1 heterocycles. The maximum absolute atomic E-state index is 13.0. The van der Waals surface area contributed by atoms with Crippen LogP contribution in [0.25, 0.3) is 16.8 Å². The molecule has 0 unspecified atom stereocenters. The molecule has 4 aromatic rings. The Balaban J connectivity index is 1.68. The number of aromatic amines is 1. The molecule has 3 aromatic carbocycles. The van der Waals surface area contributed by atoms with Gasteiger partial charge in [0.2, 0.25) is 10.0 Å². The molecule has 0 aliphatic heterocycles. The molecule has 180 valence electrons. The zero-order chi connectivity index (χ0) is 25.3. The van der Waals surface area contributed by atoms with Crippen molar-refractivity contribution in [2.75, 3.05) is 11.0 Å². The number of para-hydroxylation sites is 1. The van der Waals surface area contributed by atoms with E-state index < -0.39 is 10.0 Å². The fourth-order valence-electron chi connectivity index (χ4n) is 3.62. The van der Waals surface area contributed by atoms with Gasteiger partial charge in [0.1, 0.15) is 5.69 Å². The number of aromatic hydroxyl groups is 1. The summed E-state index contributed by atoms with van der Waals surface area (Å²) in [4.78, 5) is 13.0. The first-order chi connectivity index (χ1) is 16.5. The lowest BCUT2D eigenvalue weighted by Gasteiger charge is -2.09. The minimum absolute atomic E-state index is 0.132. The van der Waals surface area contributed by atoms with Crippen molar-refractivity contribution in [3.63, 3.8) is 0 Å². The summed E-state index contributed by atoms with van der Waals surface area (Å²) in [5.41, 5.74) is 4.74. The number of phenols is 1. The van der Waals surface area contributed by atoms with Gasteiger partial charge in [0, 0.05) is 11.3 Å². The quantitative estimate of drug-likeness (QED) is 0.318. The highest BCUT2D eigenvalue weighted by Crippen LogP contribution is 2.38. The van der Waals surface area contributed by atoms with Gasteiger partial charge in [-0.25, -0.2) is 13.1 Å². The van der Waals surface area contributed by atoms with Crippen LogP contribution in [0, 0.1) is 20.8 Å². The predicted octanol–water partition coefficient (Wildman–Crippen LogP) is 5.25. The molecule has 9 nitrogen and oxygen atoms in total.